The van der Waals surface area contributed by atoms with Gasteiger partial charge in [-0.15, -0.1) is 0 Å². The van der Waals surface area contributed by atoms with Gasteiger partial charge >= 0.3 is 0 Å². The summed E-state index contributed by atoms with van der Waals surface area (Å²) in [4.78, 5) is 16.9. The fourth-order valence-electron chi connectivity index (χ4n) is 2.74. The Morgan fingerprint density at radius 1 is 1.13 bits per heavy atom. The molecular weight excluding hydrogens is 295 g/mol. The second-order valence-electron chi connectivity index (χ2n) is 5.48. The summed E-state index contributed by atoms with van der Waals surface area (Å²) in [6, 6.07) is 3.75. The largest absolute Gasteiger partial charge is 0.365 e. The second kappa shape index (κ2) is 5.85. The van der Waals surface area contributed by atoms with Crippen molar-refractivity contribution in [2.24, 2.45) is 0 Å². The van der Waals surface area contributed by atoms with E-state index in [2.05, 4.69) is 30.6 Å². The van der Waals surface area contributed by atoms with Gasteiger partial charge in [0.1, 0.15) is 5.82 Å². The Hall–Kier alpha value is -2.67. The monoisotopic (exact) mass is 310 g/mol. The molecule has 1 atom stereocenters. The lowest BCUT2D eigenvalue weighted by atomic mass is 10.2. The van der Waals surface area contributed by atoms with E-state index in [1.807, 2.05) is 6.07 Å². The van der Waals surface area contributed by atoms with E-state index >= 15 is 0 Å². The topological polar surface area (TPSA) is 75.6 Å². The normalized spacial score (nSPS) is 17.5. The first kappa shape index (κ1) is 14.0. The molecule has 0 unspecified atom stereocenters. The number of hydrogen-bond acceptors (Lipinski definition) is 6. The summed E-state index contributed by atoms with van der Waals surface area (Å²) in [5.74, 6) is 0.598. The second-order valence-corrected chi connectivity index (χ2v) is 5.48. The Labute approximate surface area is 132 Å². The van der Waals surface area contributed by atoms with Gasteiger partial charge in [0.25, 0.3) is 0 Å². The van der Waals surface area contributed by atoms with Crippen LogP contribution < -0.4 is 10.6 Å². The van der Waals surface area contributed by atoms with Crippen molar-refractivity contribution in [3.63, 3.8) is 0 Å². The van der Waals surface area contributed by atoms with E-state index in [0.29, 0.717) is 28.8 Å². The lowest BCUT2D eigenvalue weighted by Gasteiger charge is -2.15. The van der Waals surface area contributed by atoms with Crippen molar-refractivity contribution in [1.29, 1.82) is 0 Å². The average molecular weight is 310 g/mol. The molecule has 0 aliphatic carbocycles. The third-order valence-corrected chi connectivity index (χ3v) is 3.91. The maximum atomic E-state index is 14.0. The van der Waals surface area contributed by atoms with Crippen molar-refractivity contribution >= 4 is 16.7 Å². The molecule has 3 aromatic heterocycles. The lowest BCUT2D eigenvalue weighted by Crippen LogP contribution is -2.23. The molecule has 0 spiro atoms. The molecule has 116 valence electrons. The van der Waals surface area contributed by atoms with E-state index in [1.165, 1.54) is 12.4 Å². The molecule has 0 bridgehead atoms. The number of rotatable bonds is 3. The van der Waals surface area contributed by atoms with Crippen LogP contribution in [0.4, 0.5) is 10.2 Å². The van der Waals surface area contributed by atoms with Crippen LogP contribution in [0, 0.1) is 5.82 Å². The molecule has 4 rings (SSSR count). The quantitative estimate of drug-likeness (QED) is 0.770. The Balaban J connectivity index is 1.84. The third-order valence-electron chi connectivity index (χ3n) is 3.91. The van der Waals surface area contributed by atoms with Crippen LogP contribution in [0.3, 0.4) is 0 Å². The molecule has 0 aromatic carbocycles. The highest BCUT2D eigenvalue weighted by Gasteiger charge is 2.18. The Bertz CT molecular complexity index is 847. The number of hydrogen-bond donors (Lipinski definition) is 2. The molecule has 0 radical (unpaired) electrons. The fraction of sp³-hybridized carbons (Fsp3) is 0.250. The van der Waals surface area contributed by atoms with Gasteiger partial charge in [0.15, 0.2) is 11.6 Å². The van der Waals surface area contributed by atoms with Crippen molar-refractivity contribution in [2.45, 2.75) is 12.5 Å². The van der Waals surface area contributed by atoms with Crippen molar-refractivity contribution in [3.8, 4) is 11.4 Å². The minimum absolute atomic E-state index is 0.302. The average Bonchev–Trinajstić information content (AvgIpc) is 3.08. The summed E-state index contributed by atoms with van der Waals surface area (Å²) in [5, 5.41) is 7.62. The first-order valence-corrected chi connectivity index (χ1v) is 7.50. The van der Waals surface area contributed by atoms with E-state index in [4.69, 9.17) is 0 Å². The molecule has 23 heavy (non-hydrogen) atoms. The highest BCUT2D eigenvalue weighted by atomic mass is 19.1. The van der Waals surface area contributed by atoms with Gasteiger partial charge in [-0.05, 0) is 25.1 Å². The summed E-state index contributed by atoms with van der Waals surface area (Å²) in [7, 11) is 0. The summed E-state index contributed by atoms with van der Waals surface area (Å²) in [5.41, 5.74) is 1.01. The fourth-order valence-corrected chi connectivity index (χ4v) is 2.74. The molecule has 2 N–H and O–H groups in total. The zero-order chi connectivity index (χ0) is 15.6. The van der Waals surface area contributed by atoms with Crippen molar-refractivity contribution in [2.75, 3.05) is 18.4 Å². The van der Waals surface area contributed by atoms with Crippen LogP contribution >= 0.6 is 0 Å². The highest BCUT2D eigenvalue weighted by molar-refractivity contribution is 5.90. The Morgan fingerprint density at radius 3 is 2.83 bits per heavy atom. The molecule has 7 heteroatoms. The van der Waals surface area contributed by atoms with Crippen LogP contribution in [0.2, 0.25) is 0 Å². The maximum Gasteiger partial charge on any atom is 0.165 e. The van der Waals surface area contributed by atoms with Crippen LogP contribution in [0.15, 0.2) is 36.9 Å². The summed E-state index contributed by atoms with van der Waals surface area (Å²) < 4.78 is 14.0. The molecular formula is C16H15FN6. The van der Waals surface area contributed by atoms with E-state index < -0.39 is 5.82 Å². The molecule has 1 fully saturated rings. The van der Waals surface area contributed by atoms with Crippen molar-refractivity contribution in [3.05, 3.63) is 42.7 Å². The summed E-state index contributed by atoms with van der Waals surface area (Å²) in [6.07, 6.45) is 7.09. The predicted octanol–water partition coefficient (Wildman–Crippen LogP) is 2.00. The van der Waals surface area contributed by atoms with Crippen LogP contribution in [0.1, 0.15) is 6.42 Å². The maximum absolute atomic E-state index is 14.0. The molecule has 1 aliphatic heterocycles. The molecule has 4 heterocycles. The first-order valence-electron chi connectivity index (χ1n) is 7.50. The lowest BCUT2D eigenvalue weighted by molar-refractivity contribution is 0.623. The third kappa shape index (κ3) is 2.70. The van der Waals surface area contributed by atoms with Gasteiger partial charge < -0.3 is 10.6 Å². The number of aromatic nitrogens is 4. The van der Waals surface area contributed by atoms with E-state index in [9.17, 15) is 4.39 Å². The van der Waals surface area contributed by atoms with Crippen LogP contribution in [-0.4, -0.2) is 39.1 Å². The van der Waals surface area contributed by atoms with Crippen molar-refractivity contribution in [1.82, 2.24) is 25.3 Å². The number of halogens is 1. The molecule has 0 saturated carbocycles. The van der Waals surface area contributed by atoms with Gasteiger partial charge in [-0.1, -0.05) is 0 Å². The number of anilines is 1. The minimum Gasteiger partial charge on any atom is -0.365 e. The van der Waals surface area contributed by atoms with Gasteiger partial charge in [-0.2, -0.15) is 0 Å². The van der Waals surface area contributed by atoms with Gasteiger partial charge in [-0.3, -0.25) is 9.97 Å². The van der Waals surface area contributed by atoms with Crippen molar-refractivity contribution < 1.29 is 4.39 Å². The van der Waals surface area contributed by atoms with Crippen LogP contribution in [-0.2, 0) is 0 Å². The van der Waals surface area contributed by atoms with E-state index in [0.717, 1.165) is 24.9 Å². The Kier molecular flexibility index (Phi) is 3.55. The summed E-state index contributed by atoms with van der Waals surface area (Å²) in [6.45, 7) is 1.86. The highest BCUT2D eigenvalue weighted by Crippen LogP contribution is 2.26. The Morgan fingerprint density at radius 2 is 2.00 bits per heavy atom. The molecule has 1 aliphatic rings. The van der Waals surface area contributed by atoms with Crippen LogP contribution in [0.5, 0.6) is 0 Å². The molecule has 6 nitrogen and oxygen atoms in total. The smallest absolute Gasteiger partial charge is 0.165 e. The predicted molar refractivity (Wildman–Crippen MR) is 85.4 cm³/mol. The van der Waals surface area contributed by atoms with E-state index in [1.54, 1.807) is 18.5 Å². The first-order chi connectivity index (χ1) is 11.3. The van der Waals surface area contributed by atoms with Gasteiger partial charge in [0.2, 0.25) is 0 Å². The number of fused-ring (bicyclic) bond motifs is 1. The molecule has 0 amide bonds. The van der Waals surface area contributed by atoms with E-state index in [-0.39, 0.29) is 0 Å². The molecule has 3 aromatic rings. The molecule has 1 saturated heterocycles. The van der Waals surface area contributed by atoms with Gasteiger partial charge in [0, 0.05) is 30.4 Å². The standard InChI is InChI=1S/C16H15FN6/c17-13-8-19-5-2-11(13)15-22-14-9-20-6-3-12(14)16(23-15)21-10-1-4-18-7-10/h2-3,5-6,8-10,18H,1,4,7H2,(H,21,22,23)/t10-/m1/s1. The number of nitrogens with one attached hydrogen (secondary N) is 2. The minimum atomic E-state index is -0.441. The summed E-state index contributed by atoms with van der Waals surface area (Å²) >= 11 is 0. The SMILES string of the molecule is Fc1cnccc1-c1nc(N[C@@H]2CCNC2)c2ccncc2n1. The van der Waals surface area contributed by atoms with Crippen LogP contribution in [0.25, 0.3) is 22.3 Å². The van der Waals surface area contributed by atoms with Gasteiger partial charge in [0.05, 0.1) is 23.5 Å². The van der Waals surface area contributed by atoms with Gasteiger partial charge in [-0.25, -0.2) is 14.4 Å². The number of pyridine rings is 2. The zero-order valence-corrected chi connectivity index (χ0v) is 12.3. The zero-order valence-electron chi connectivity index (χ0n) is 12.3. The number of nitrogens with zero attached hydrogens (tertiary/aromatic N) is 4.